The van der Waals surface area contributed by atoms with E-state index in [1.165, 1.54) is 0 Å². The van der Waals surface area contributed by atoms with Gasteiger partial charge in [-0.3, -0.25) is 0 Å². The molecular formula is C20H18N4O2. The van der Waals surface area contributed by atoms with Crippen LogP contribution in [0.5, 0.6) is 11.5 Å². The van der Waals surface area contributed by atoms with Gasteiger partial charge in [-0.15, -0.1) is 0 Å². The lowest BCUT2D eigenvalue weighted by molar-refractivity contribution is 0.482. The molecule has 130 valence electrons. The summed E-state index contributed by atoms with van der Waals surface area (Å²) in [6.45, 7) is 4.28. The van der Waals surface area contributed by atoms with Gasteiger partial charge in [0.15, 0.2) is 0 Å². The molecule has 2 heterocycles. The van der Waals surface area contributed by atoms with E-state index in [1.807, 2.05) is 68.4 Å². The van der Waals surface area contributed by atoms with Crippen molar-refractivity contribution in [2.75, 3.05) is 0 Å². The predicted octanol–water partition coefficient (Wildman–Crippen LogP) is 4.39. The van der Waals surface area contributed by atoms with Crippen molar-refractivity contribution in [1.29, 1.82) is 0 Å². The summed E-state index contributed by atoms with van der Waals surface area (Å²) in [7, 11) is 0. The molecule has 0 saturated carbocycles. The highest BCUT2D eigenvalue weighted by Crippen LogP contribution is 2.28. The average molecular weight is 346 g/mol. The van der Waals surface area contributed by atoms with Gasteiger partial charge < -0.3 is 9.15 Å². The smallest absolute Gasteiger partial charge is 0.226 e. The zero-order valence-electron chi connectivity index (χ0n) is 14.6. The van der Waals surface area contributed by atoms with Crippen molar-refractivity contribution >= 4 is 0 Å². The van der Waals surface area contributed by atoms with Crippen LogP contribution >= 0.6 is 0 Å². The number of hydrogen-bond acceptors (Lipinski definition) is 5. The quantitative estimate of drug-likeness (QED) is 0.536. The second-order valence-corrected chi connectivity index (χ2v) is 5.95. The fourth-order valence-electron chi connectivity index (χ4n) is 2.63. The van der Waals surface area contributed by atoms with Gasteiger partial charge in [0.2, 0.25) is 5.89 Å². The van der Waals surface area contributed by atoms with Gasteiger partial charge >= 0.3 is 0 Å². The van der Waals surface area contributed by atoms with Crippen molar-refractivity contribution in [3.63, 3.8) is 0 Å². The molecule has 0 atom stereocenters. The second-order valence-electron chi connectivity index (χ2n) is 5.95. The highest BCUT2D eigenvalue weighted by atomic mass is 16.5. The molecule has 2 aromatic heterocycles. The Hall–Kier alpha value is -3.41. The molecule has 0 unspecified atom stereocenters. The van der Waals surface area contributed by atoms with E-state index in [1.54, 1.807) is 11.0 Å². The minimum Gasteiger partial charge on any atom is -0.457 e. The van der Waals surface area contributed by atoms with Crippen molar-refractivity contribution in [1.82, 2.24) is 19.7 Å². The molecule has 6 nitrogen and oxygen atoms in total. The highest BCUT2D eigenvalue weighted by Gasteiger charge is 2.13. The number of hydrogen-bond donors (Lipinski definition) is 0. The Kier molecular flexibility index (Phi) is 4.23. The first kappa shape index (κ1) is 16.1. The molecule has 0 N–H and O–H groups in total. The fraction of sp³-hybridized carbons (Fsp3) is 0.150. The molecule has 0 aliphatic rings. The number of rotatable bonds is 5. The number of ether oxygens (including phenoxy) is 1. The van der Waals surface area contributed by atoms with Crippen LogP contribution in [-0.2, 0) is 6.54 Å². The first-order valence-electron chi connectivity index (χ1n) is 8.33. The number of para-hydroxylation sites is 1. The summed E-state index contributed by atoms with van der Waals surface area (Å²) in [5, 5.41) is 4.29. The highest BCUT2D eigenvalue weighted by molar-refractivity contribution is 5.57. The summed E-state index contributed by atoms with van der Waals surface area (Å²) in [5.41, 5.74) is 1.70. The molecular weight excluding hydrogens is 328 g/mol. The summed E-state index contributed by atoms with van der Waals surface area (Å²) in [4.78, 5) is 8.76. The molecule has 0 bridgehead atoms. The van der Waals surface area contributed by atoms with E-state index in [0.717, 1.165) is 34.3 Å². The van der Waals surface area contributed by atoms with Gasteiger partial charge in [-0.2, -0.15) is 5.10 Å². The summed E-state index contributed by atoms with van der Waals surface area (Å²) in [6, 6.07) is 17.4. The zero-order chi connectivity index (χ0) is 17.9. The van der Waals surface area contributed by atoms with Crippen LogP contribution in [0.3, 0.4) is 0 Å². The van der Waals surface area contributed by atoms with Gasteiger partial charge in [0, 0.05) is 5.56 Å². The van der Waals surface area contributed by atoms with Gasteiger partial charge in [-0.05, 0) is 44.2 Å². The number of oxazole rings is 1. The van der Waals surface area contributed by atoms with Crippen molar-refractivity contribution in [3.8, 4) is 23.0 Å². The number of benzene rings is 2. The monoisotopic (exact) mass is 346 g/mol. The lowest BCUT2D eigenvalue weighted by atomic mass is 10.2. The Morgan fingerprint density at radius 2 is 1.81 bits per heavy atom. The Morgan fingerprint density at radius 3 is 2.58 bits per heavy atom. The first-order valence-corrected chi connectivity index (χ1v) is 8.33. The van der Waals surface area contributed by atoms with Gasteiger partial charge in [0.1, 0.15) is 35.1 Å². The van der Waals surface area contributed by atoms with Crippen molar-refractivity contribution in [2.45, 2.75) is 20.4 Å². The molecule has 26 heavy (non-hydrogen) atoms. The van der Waals surface area contributed by atoms with Gasteiger partial charge in [0.05, 0.1) is 6.54 Å². The minimum absolute atomic E-state index is 0.524. The standard InChI is InChI=1S/C20H18N4O2/c1-14-19(12-24-13-21-15(2)23-24)22-20(25-14)16-7-6-10-18(11-16)26-17-8-4-3-5-9-17/h3-11,13H,12H2,1-2H3. The van der Waals surface area contributed by atoms with E-state index in [2.05, 4.69) is 15.1 Å². The van der Waals surface area contributed by atoms with E-state index in [0.29, 0.717) is 12.4 Å². The van der Waals surface area contributed by atoms with Crippen LogP contribution in [0.2, 0.25) is 0 Å². The van der Waals surface area contributed by atoms with E-state index in [4.69, 9.17) is 9.15 Å². The van der Waals surface area contributed by atoms with Gasteiger partial charge in [-0.1, -0.05) is 24.3 Å². The number of nitrogens with zero attached hydrogens (tertiary/aromatic N) is 4. The topological polar surface area (TPSA) is 66.0 Å². The number of aromatic nitrogens is 4. The van der Waals surface area contributed by atoms with E-state index in [-0.39, 0.29) is 0 Å². The second kappa shape index (κ2) is 6.84. The van der Waals surface area contributed by atoms with E-state index in [9.17, 15) is 0 Å². The van der Waals surface area contributed by atoms with Crippen LogP contribution < -0.4 is 4.74 Å². The molecule has 2 aromatic carbocycles. The summed E-state index contributed by atoms with van der Waals surface area (Å²) < 4.78 is 13.5. The first-order chi connectivity index (χ1) is 12.7. The fourth-order valence-corrected chi connectivity index (χ4v) is 2.63. The maximum absolute atomic E-state index is 5.88. The average Bonchev–Trinajstić information content (AvgIpc) is 3.22. The molecule has 0 saturated heterocycles. The normalized spacial score (nSPS) is 10.8. The minimum atomic E-state index is 0.524. The molecule has 4 aromatic rings. The van der Waals surface area contributed by atoms with Crippen molar-refractivity contribution in [2.24, 2.45) is 0 Å². The Balaban J connectivity index is 1.58. The number of aryl methyl sites for hydroxylation is 2. The largest absolute Gasteiger partial charge is 0.457 e. The molecule has 0 fully saturated rings. The molecule has 0 aliphatic carbocycles. The van der Waals surface area contributed by atoms with Crippen LogP contribution in [0.25, 0.3) is 11.5 Å². The molecule has 4 rings (SSSR count). The molecule has 0 amide bonds. The Bertz CT molecular complexity index is 1020. The molecule has 0 spiro atoms. The summed E-state index contributed by atoms with van der Waals surface area (Å²) in [5.74, 6) is 3.58. The van der Waals surface area contributed by atoms with E-state index >= 15 is 0 Å². The molecule has 0 radical (unpaired) electrons. The van der Waals surface area contributed by atoms with Gasteiger partial charge in [-0.25, -0.2) is 14.6 Å². The maximum atomic E-state index is 5.88. The third-order valence-corrected chi connectivity index (χ3v) is 3.92. The predicted molar refractivity (Wildman–Crippen MR) is 97.1 cm³/mol. The van der Waals surface area contributed by atoms with Crippen molar-refractivity contribution < 1.29 is 9.15 Å². The van der Waals surface area contributed by atoms with Crippen LogP contribution in [0.4, 0.5) is 0 Å². The summed E-state index contributed by atoms with van der Waals surface area (Å²) in [6.07, 6.45) is 1.69. The summed E-state index contributed by atoms with van der Waals surface area (Å²) >= 11 is 0. The molecule has 6 heteroatoms. The van der Waals surface area contributed by atoms with Crippen LogP contribution in [0.1, 0.15) is 17.3 Å². The van der Waals surface area contributed by atoms with Crippen LogP contribution in [0.15, 0.2) is 65.3 Å². The van der Waals surface area contributed by atoms with Crippen LogP contribution in [0, 0.1) is 13.8 Å². The lowest BCUT2D eigenvalue weighted by Gasteiger charge is -2.06. The Morgan fingerprint density at radius 1 is 1.00 bits per heavy atom. The maximum Gasteiger partial charge on any atom is 0.226 e. The SMILES string of the molecule is Cc1ncn(Cc2nc(-c3cccc(Oc4ccccc4)c3)oc2C)n1. The third-order valence-electron chi connectivity index (χ3n) is 3.92. The molecule has 0 aliphatic heterocycles. The lowest BCUT2D eigenvalue weighted by Crippen LogP contribution is -2.02. The zero-order valence-corrected chi connectivity index (χ0v) is 14.6. The van der Waals surface area contributed by atoms with Crippen molar-refractivity contribution in [3.05, 3.63) is 78.2 Å². The van der Waals surface area contributed by atoms with E-state index < -0.39 is 0 Å². The Labute approximate surface area is 151 Å². The van der Waals surface area contributed by atoms with Crippen LogP contribution in [-0.4, -0.2) is 19.7 Å². The third kappa shape index (κ3) is 3.49. The van der Waals surface area contributed by atoms with Gasteiger partial charge in [0.25, 0.3) is 0 Å².